The Morgan fingerprint density at radius 1 is 1.22 bits per heavy atom. The molecule has 0 bridgehead atoms. The third kappa shape index (κ3) is 2.67. The summed E-state index contributed by atoms with van der Waals surface area (Å²) in [5.41, 5.74) is 4.13. The lowest BCUT2D eigenvalue weighted by molar-refractivity contribution is 0.403. The second-order valence-corrected chi connectivity index (χ2v) is 6.68. The van der Waals surface area contributed by atoms with Gasteiger partial charge in [-0.1, -0.05) is 18.2 Å². The maximum Gasteiger partial charge on any atom is 0.181 e. The summed E-state index contributed by atoms with van der Waals surface area (Å²) in [7, 11) is 4.15. The number of aromatic nitrogens is 4. The van der Waals surface area contributed by atoms with E-state index in [2.05, 4.69) is 40.5 Å². The van der Waals surface area contributed by atoms with E-state index in [9.17, 15) is 0 Å². The predicted octanol–water partition coefficient (Wildman–Crippen LogP) is 3.54. The molecule has 23 heavy (non-hydrogen) atoms. The van der Waals surface area contributed by atoms with Crippen molar-refractivity contribution in [2.24, 2.45) is 0 Å². The molecule has 0 aliphatic heterocycles. The number of aromatic amines is 1. The summed E-state index contributed by atoms with van der Waals surface area (Å²) in [6.07, 6.45) is 1.83. The number of fused-ring (bicyclic) bond motifs is 1. The Hall–Kier alpha value is -2.44. The van der Waals surface area contributed by atoms with E-state index in [0.717, 1.165) is 34.1 Å². The summed E-state index contributed by atoms with van der Waals surface area (Å²) in [5, 5.41) is 6.61. The van der Waals surface area contributed by atoms with E-state index in [0.29, 0.717) is 0 Å². The normalized spacial score (nSPS) is 11.6. The number of imidazole rings is 1. The van der Waals surface area contributed by atoms with Crippen LogP contribution in [0.2, 0.25) is 0 Å². The van der Waals surface area contributed by atoms with Crippen LogP contribution in [0.25, 0.3) is 27.6 Å². The lowest BCUT2D eigenvalue weighted by atomic mass is 10.3. The number of hydrogen-bond donors (Lipinski definition) is 1. The fourth-order valence-corrected chi connectivity index (χ4v) is 3.47. The summed E-state index contributed by atoms with van der Waals surface area (Å²) >= 11 is 1.71. The second-order valence-electron chi connectivity index (χ2n) is 5.77. The van der Waals surface area contributed by atoms with Crippen molar-refractivity contribution in [3.05, 3.63) is 53.5 Å². The molecular weight excluding hydrogens is 306 g/mol. The third-order valence-electron chi connectivity index (χ3n) is 3.60. The molecule has 0 saturated carbocycles. The Labute approximate surface area is 138 Å². The van der Waals surface area contributed by atoms with Gasteiger partial charge in [-0.15, -0.1) is 11.3 Å². The van der Waals surface area contributed by atoms with Crippen molar-refractivity contribution >= 4 is 22.5 Å². The molecule has 1 N–H and O–H groups in total. The summed E-state index contributed by atoms with van der Waals surface area (Å²) in [6.45, 7) is 0.939. The highest BCUT2D eigenvalue weighted by Crippen LogP contribution is 2.28. The average molecular weight is 323 g/mol. The van der Waals surface area contributed by atoms with Crippen molar-refractivity contribution in [1.29, 1.82) is 0 Å². The molecule has 0 atom stereocenters. The molecule has 4 aromatic rings. The van der Waals surface area contributed by atoms with E-state index in [-0.39, 0.29) is 0 Å². The van der Waals surface area contributed by atoms with Crippen molar-refractivity contribution in [3.8, 4) is 16.4 Å². The van der Waals surface area contributed by atoms with Gasteiger partial charge < -0.3 is 9.88 Å². The molecule has 3 aromatic heterocycles. The molecule has 5 nitrogen and oxygen atoms in total. The van der Waals surface area contributed by atoms with Crippen LogP contribution in [0.4, 0.5) is 0 Å². The molecule has 0 unspecified atom stereocenters. The minimum atomic E-state index is 0.855. The fourth-order valence-electron chi connectivity index (χ4n) is 2.62. The van der Waals surface area contributed by atoms with E-state index in [4.69, 9.17) is 4.98 Å². The molecule has 6 heteroatoms. The van der Waals surface area contributed by atoms with Crippen molar-refractivity contribution in [1.82, 2.24) is 24.6 Å². The standard InChI is InChI=1S/C17H17N5S/c1-21(2)10-12-8-15(23-11-12)16-19-14-9-18-22(17(14)20-16)13-6-4-3-5-7-13/h3-9,11H,10H2,1-2H3,(H,19,20). The molecule has 116 valence electrons. The van der Waals surface area contributed by atoms with Crippen LogP contribution in [0.1, 0.15) is 5.56 Å². The van der Waals surface area contributed by atoms with Crippen LogP contribution >= 0.6 is 11.3 Å². The molecule has 0 aliphatic rings. The Morgan fingerprint density at radius 3 is 2.83 bits per heavy atom. The Morgan fingerprint density at radius 2 is 2.04 bits per heavy atom. The fraction of sp³-hybridized carbons (Fsp3) is 0.176. The van der Waals surface area contributed by atoms with Crippen molar-refractivity contribution in [2.75, 3.05) is 14.1 Å². The summed E-state index contributed by atoms with van der Waals surface area (Å²) in [6, 6.07) is 12.3. The molecule has 3 heterocycles. The first-order chi connectivity index (χ1) is 11.2. The molecule has 0 spiro atoms. The number of H-pyrrole nitrogens is 1. The first-order valence-electron chi connectivity index (χ1n) is 7.42. The maximum atomic E-state index is 4.75. The number of nitrogens with zero attached hydrogens (tertiary/aromatic N) is 4. The van der Waals surface area contributed by atoms with Crippen LogP contribution in [-0.2, 0) is 6.54 Å². The van der Waals surface area contributed by atoms with Crippen LogP contribution in [0.3, 0.4) is 0 Å². The average Bonchev–Trinajstić information content (AvgIpc) is 3.21. The van der Waals surface area contributed by atoms with E-state index in [1.54, 1.807) is 11.3 Å². The lowest BCUT2D eigenvalue weighted by Crippen LogP contribution is -2.09. The number of thiophene rings is 1. The number of hydrogen-bond acceptors (Lipinski definition) is 4. The van der Waals surface area contributed by atoms with Gasteiger partial charge in [-0.2, -0.15) is 5.10 Å². The molecule has 4 rings (SSSR count). The largest absolute Gasteiger partial charge is 0.335 e. The predicted molar refractivity (Wildman–Crippen MR) is 93.9 cm³/mol. The van der Waals surface area contributed by atoms with Gasteiger partial charge in [0.05, 0.1) is 16.8 Å². The Kier molecular flexibility index (Phi) is 3.48. The Bertz CT molecular complexity index is 932. The van der Waals surface area contributed by atoms with Crippen LogP contribution in [0.15, 0.2) is 48.0 Å². The molecule has 0 aliphatic carbocycles. The number of para-hydroxylation sites is 1. The van der Waals surface area contributed by atoms with E-state index in [1.807, 2.05) is 41.2 Å². The Balaban J connectivity index is 1.72. The highest BCUT2D eigenvalue weighted by molar-refractivity contribution is 7.13. The number of nitrogens with one attached hydrogen (secondary N) is 1. The van der Waals surface area contributed by atoms with Crippen LogP contribution in [0.5, 0.6) is 0 Å². The van der Waals surface area contributed by atoms with Crippen molar-refractivity contribution in [2.45, 2.75) is 6.54 Å². The zero-order valence-corrected chi connectivity index (χ0v) is 13.8. The first-order valence-corrected chi connectivity index (χ1v) is 8.30. The molecule has 0 fully saturated rings. The number of rotatable bonds is 4. The van der Waals surface area contributed by atoms with Gasteiger partial charge in [0.2, 0.25) is 0 Å². The quantitative estimate of drug-likeness (QED) is 0.625. The van der Waals surface area contributed by atoms with Crippen molar-refractivity contribution in [3.63, 3.8) is 0 Å². The smallest absolute Gasteiger partial charge is 0.181 e. The molecule has 1 aromatic carbocycles. The van der Waals surface area contributed by atoms with Gasteiger partial charge in [-0.05, 0) is 43.2 Å². The minimum Gasteiger partial charge on any atom is -0.335 e. The highest BCUT2D eigenvalue weighted by Gasteiger charge is 2.13. The zero-order valence-electron chi connectivity index (χ0n) is 13.0. The highest BCUT2D eigenvalue weighted by atomic mass is 32.1. The summed E-state index contributed by atoms with van der Waals surface area (Å²) in [5.74, 6) is 0.900. The maximum absolute atomic E-state index is 4.75. The van der Waals surface area contributed by atoms with Gasteiger partial charge >= 0.3 is 0 Å². The first kappa shape index (κ1) is 14.2. The van der Waals surface area contributed by atoms with Gasteiger partial charge in [0, 0.05) is 6.54 Å². The van der Waals surface area contributed by atoms with E-state index < -0.39 is 0 Å². The second kappa shape index (κ2) is 5.64. The van der Waals surface area contributed by atoms with E-state index >= 15 is 0 Å². The topological polar surface area (TPSA) is 49.7 Å². The van der Waals surface area contributed by atoms with Gasteiger partial charge in [0.1, 0.15) is 5.52 Å². The monoisotopic (exact) mass is 323 g/mol. The molecular formula is C17H17N5S. The third-order valence-corrected chi connectivity index (χ3v) is 4.59. The lowest BCUT2D eigenvalue weighted by Gasteiger charge is -2.06. The van der Waals surface area contributed by atoms with Crippen LogP contribution in [0, 0.1) is 0 Å². The van der Waals surface area contributed by atoms with Crippen LogP contribution < -0.4 is 0 Å². The molecule has 0 saturated heterocycles. The van der Waals surface area contributed by atoms with Crippen LogP contribution in [-0.4, -0.2) is 38.7 Å². The van der Waals surface area contributed by atoms with Crippen molar-refractivity contribution < 1.29 is 0 Å². The number of benzene rings is 1. The van der Waals surface area contributed by atoms with Gasteiger partial charge in [-0.25, -0.2) is 9.67 Å². The van der Waals surface area contributed by atoms with Gasteiger partial charge in [-0.3, -0.25) is 0 Å². The van der Waals surface area contributed by atoms with Gasteiger partial charge in [0.15, 0.2) is 11.5 Å². The molecule has 0 radical (unpaired) electrons. The summed E-state index contributed by atoms with van der Waals surface area (Å²) in [4.78, 5) is 11.4. The minimum absolute atomic E-state index is 0.855. The SMILES string of the molecule is CN(C)Cc1csc(-c2nc3c(cnn3-c3ccccc3)[nH]2)c1. The van der Waals surface area contributed by atoms with Gasteiger partial charge in [0.25, 0.3) is 0 Å². The molecule has 0 amide bonds. The summed E-state index contributed by atoms with van der Waals surface area (Å²) < 4.78 is 1.86. The van der Waals surface area contributed by atoms with E-state index in [1.165, 1.54) is 5.56 Å². The zero-order chi connectivity index (χ0) is 15.8.